The standard InChI is InChI=1S/C15H13NO3S/c1-19-12-5-2-4-10-11(17)7-8-16(14(10)12)15(18)13-6-3-9-20-13/h2-6,9H,7-8H2,1H3. The highest BCUT2D eigenvalue weighted by atomic mass is 32.1. The monoisotopic (exact) mass is 287 g/mol. The maximum Gasteiger partial charge on any atom is 0.268 e. The highest BCUT2D eigenvalue weighted by Gasteiger charge is 2.31. The van der Waals surface area contributed by atoms with Crippen molar-refractivity contribution in [3.05, 3.63) is 46.2 Å². The first-order valence-electron chi connectivity index (χ1n) is 6.28. The molecule has 0 saturated heterocycles. The highest BCUT2D eigenvalue weighted by molar-refractivity contribution is 7.12. The molecule has 1 aliphatic heterocycles. The summed E-state index contributed by atoms with van der Waals surface area (Å²) < 4.78 is 5.32. The van der Waals surface area contributed by atoms with E-state index in [9.17, 15) is 9.59 Å². The Morgan fingerprint density at radius 1 is 1.30 bits per heavy atom. The van der Waals surface area contributed by atoms with E-state index in [4.69, 9.17) is 4.74 Å². The van der Waals surface area contributed by atoms with Gasteiger partial charge in [-0.25, -0.2) is 0 Å². The second kappa shape index (κ2) is 5.09. The van der Waals surface area contributed by atoms with Crippen molar-refractivity contribution in [2.24, 2.45) is 0 Å². The van der Waals surface area contributed by atoms with E-state index < -0.39 is 0 Å². The number of ketones is 1. The van der Waals surface area contributed by atoms with Crippen LogP contribution in [0.1, 0.15) is 26.5 Å². The van der Waals surface area contributed by atoms with Crippen molar-refractivity contribution in [2.45, 2.75) is 6.42 Å². The minimum Gasteiger partial charge on any atom is -0.495 e. The summed E-state index contributed by atoms with van der Waals surface area (Å²) in [5.74, 6) is 0.521. The minimum absolute atomic E-state index is 0.0501. The summed E-state index contributed by atoms with van der Waals surface area (Å²) in [5, 5.41) is 1.87. The zero-order valence-corrected chi connectivity index (χ0v) is 11.8. The molecule has 2 aromatic rings. The first-order chi connectivity index (χ1) is 9.72. The van der Waals surface area contributed by atoms with Crippen LogP contribution in [0.4, 0.5) is 5.69 Å². The van der Waals surface area contributed by atoms with Gasteiger partial charge in [0.25, 0.3) is 5.91 Å². The van der Waals surface area contributed by atoms with Crippen LogP contribution in [0.15, 0.2) is 35.7 Å². The number of carbonyl (C=O) groups is 2. The number of carbonyl (C=O) groups excluding carboxylic acids is 2. The maximum absolute atomic E-state index is 12.6. The van der Waals surface area contributed by atoms with Crippen molar-refractivity contribution in [1.82, 2.24) is 0 Å². The lowest BCUT2D eigenvalue weighted by Crippen LogP contribution is -2.37. The Morgan fingerprint density at radius 3 is 2.85 bits per heavy atom. The summed E-state index contributed by atoms with van der Waals surface area (Å²) in [5.41, 5.74) is 1.14. The summed E-state index contributed by atoms with van der Waals surface area (Å²) in [6.07, 6.45) is 0.345. The van der Waals surface area contributed by atoms with Gasteiger partial charge >= 0.3 is 0 Å². The SMILES string of the molecule is COc1cccc2c1N(C(=O)c1cccs1)CCC2=O. The summed E-state index contributed by atoms with van der Waals surface area (Å²) in [4.78, 5) is 26.9. The van der Waals surface area contributed by atoms with Crippen molar-refractivity contribution in [2.75, 3.05) is 18.6 Å². The molecule has 1 aliphatic rings. The molecular weight excluding hydrogens is 274 g/mol. The van der Waals surface area contributed by atoms with Crippen LogP contribution in [0.5, 0.6) is 5.75 Å². The number of benzene rings is 1. The predicted octanol–water partition coefficient (Wildman–Crippen LogP) is 2.99. The van der Waals surface area contributed by atoms with Crippen LogP contribution >= 0.6 is 11.3 Å². The average Bonchev–Trinajstić information content (AvgIpc) is 3.01. The molecule has 0 fully saturated rings. The fourth-order valence-electron chi connectivity index (χ4n) is 2.39. The van der Waals surface area contributed by atoms with E-state index >= 15 is 0 Å². The van der Waals surface area contributed by atoms with Gasteiger partial charge in [0.15, 0.2) is 5.78 Å². The minimum atomic E-state index is -0.0850. The molecule has 2 heterocycles. The number of hydrogen-bond donors (Lipinski definition) is 0. The summed E-state index contributed by atoms with van der Waals surface area (Å²) in [7, 11) is 1.54. The molecule has 0 radical (unpaired) electrons. The lowest BCUT2D eigenvalue weighted by Gasteiger charge is -2.29. The van der Waals surface area contributed by atoms with Gasteiger partial charge in [-0.3, -0.25) is 9.59 Å². The van der Waals surface area contributed by atoms with Gasteiger partial charge in [0.1, 0.15) is 5.75 Å². The van der Waals surface area contributed by atoms with Crippen molar-refractivity contribution >= 4 is 28.7 Å². The summed E-state index contributed by atoms with van der Waals surface area (Å²) in [6, 6.07) is 8.92. The molecule has 3 rings (SSSR count). The molecular formula is C15H13NO3S. The fraction of sp³-hybridized carbons (Fsp3) is 0.200. The van der Waals surface area contributed by atoms with E-state index in [1.807, 2.05) is 11.4 Å². The number of amides is 1. The number of para-hydroxylation sites is 1. The largest absolute Gasteiger partial charge is 0.495 e. The molecule has 102 valence electrons. The Morgan fingerprint density at radius 2 is 2.15 bits per heavy atom. The fourth-order valence-corrected chi connectivity index (χ4v) is 3.06. The average molecular weight is 287 g/mol. The molecule has 5 heteroatoms. The Bertz CT molecular complexity index is 664. The number of methoxy groups -OCH3 is 1. The topological polar surface area (TPSA) is 46.6 Å². The van der Waals surface area contributed by atoms with E-state index in [0.717, 1.165) is 0 Å². The van der Waals surface area contributed by atoms with Gasteiger partial charge in [-0.2, -0.15) is 0 Å². The lowest BCUT2D eigenvalue weighted by atomic mass is 9.99. The molecule has 0 bridgehead atoms. The molecule has 0 spiro atoms. The van der Waals surface area contributed by atoms with Crippen LogP contribution in [0.2, 0.25) is 0 Å². The van der Waals surface area contributed by atoms with Crippen LogP contribution in [-0.4, -0.2) is 25.3 Å². The van der Waals surface area contributed by atoms with Gasteiger partial charge < -0.3 is 9.64 Å². The number of hydrogen-bond acceptors (Lipinski definition) is 4. The number of ether oxygens (including phenoxy) is 1. The molecule has 1 amide bonds. The van der Waals surface area contributed by atoms with Crippen LogP contribution in [0.3, 0.4) is 0 Å². The number of fused-ring (bicyclic) bond motifs is 1. The van der Waals surface area contributed by atoms with Crippen LogP contribution in [-0.2, 0) is 0 Å². The molecule has 0 unspecified atom stereocenters. The summed E-state index contributed by atoms with van der Waals surface area (Å²) >= 11 is 1.40. The van der Waals surface area contributed by atoms with Crippen LogP contribution in [0.25, 0.3) is 0 Å². The second-order valence-electron chi connectivity index (χ2n) is 4.46. The van der Waals surface area contributed by atoms with E-state index in [1.165, 1.54) is 11.3 Å². The van der Waals surface area contributed by atoms with Gasteiger partial charge in [0.05, 0.1) is 17.7 Å². The molecule has 0 saturated carbocycles. The molecule has 0 atom stereocenters. The van der Waals surface area contributed by atoms with E-state index in [2.05, 4.69) is 0 Å². The number of anilines is 1. The second-order valence-corrected chi connectivity index (χ2v) is 5.41. The first kappa shape index (κ1) is 12.9. The van der Waals surface area contributed by atoms with Crippen LogP contribution < -0.4 is 9.64 Å². The zero-order valence-electron chi connectivity index (χ0n) is 11.0. The normalized spacial score (nSPS) is 14.1. The number of rotatable bonds is 2. The third-order valence-electron chi connectivity index (χ3n) is 3.33. The smallest absolute Gasteiger partial charge is 0.268 e. The zero-order chi connectivity index (χ0) is 14.1. The van der Waals surface area contributed by atoms with Crippen molar-refractivity contribution in [3.63, 3.8) is 0 Å². The Hall–Kier alpha value is -2.14. The van der Waals surface area contributed by atoms with Gasteiger partial charge in [0, 0.05) is 18.5 Å². The molecule has 1 aromatic heterocycles. The Balaban J connectivity index is 2.10. The van der Waals surface area contributed by atoms with Gasteiger partial charge in [-0.1, -0.05) is 12.1 Å². The predicted molar refractivity (Wildman–Crippen MR) is 77.9 cm³/mol. The van der Waals surface area contributed by atoms with E-state index in [1.54, 1.807) is 36.3 Å². The highest BCUT2D eigenvalue weighted by Crippen LogP contribution is 2.37. The first-order valence-corrected chi connectivity index (χ1v) is 7.16. The molecule has 0 aliphatic carbocycles. The van der Waals surface area contributed by atoms with Crippen molar-refractivity contribution in [3.8, 4) is 5.75 Å². The van der Waals surface area contributed by atoms with Crippen molar-refractivity contribution < 1.29 is 14.3 Å². The van der Waals surface area contributed by atoms with Gasteiger partial charge in [-0.05, 0) is 23.6 Å². The summed E-state index contributed by atoms with van der Waals surface area (Å²) in [6.45, 7) is 0.392. The van der Waals surface area contributed by atoms with Crippen molar-refractivity contribution in [1.29, 1.82) is 0 Å². The molecule has 0 N–H and O–H groups in total. The third-order valence-corrected chi connectivity index (χ3v) is 4.19. The Kier molecular flexibility index (Phi) is 3.28. The van der Waals surface area contributed by atoms with Gasteiger partial charge in [-0.15, -0.1) is 11.3 Å². The maximum atomic E-state index is 12.6. The number of thiophene rings is 1. The molecule has 1 aromatic carbocycles. The Labute approximate surface area is 120 Å². The third kappa shape index (κ3) is 2.00. The van der Waals surface area contributed by atoms with Crippen LogP contribution in [0, 0.1) is 0 Å². The molecule has 20 heavy (non-hydrogen) atoms. The lowest BCUT2D eigenvalue weighted by molar-refractivity contribution is 0.0956. The quantitative estimate of drug-likeness (QED) is 0.853. The number of nitrogens with zero attached hydrogens (tertiary/aromatic N) is 1. The van der Waals surface area contributed by atoms with E-state index in [-0.39, 0.29) is 11.7 Å². The molecule has 4 nitrogen and oxygen atoms in total. The number of Topliss-reactive ketones (excluding diaryl/α,β-unsaturated/α-hetero) is 1. The van der Waals surface area contributed by atoms with E-state index in [0.29, 0.717) is 34.8 Å². The van der Waals surface area contributed by atoms with Gasteiger partial charge in [0.2, 0.25) is 0 Å².